The minimum Gasteiger partial charge on any atom is -0.465 e. The molecule has 2 atom stereocenters. The van der Waals surface area contributed by atoms with Crippen molar-refractivity contribution in [3.8, 4) is 0 Å². The molecule has 0 bridgehead atoms. The van der Waals surface area contributed by atoms with Gasteiger partial charge < -0.3 is 20.7 Å². The third kappa shape index (κ3) is 10.1. The Bertz CT molecular complexity index is 2460. The van der Waals surface area contributed by atoms with Gasteiger partial charge >= 0.3 is 5.97 Å². The van der Waals surface area contributed by atoms with Crippen molar-refractivity contribution < 1.29 is 23.9 Å². The third-order valence-electron chi connectivity index (χ3n) is 10.3. The lowest BCUT2D eigenvalue weighted by Gasteiger charge is -2.22. The topological polar surface area (TPSA) is 114 Å². The number of thiophene rings is 1. The Labute approximate surface area is 353 Å². The van der Waals surface area contributed by atoms with Crippen molar-refractivity contribution in [1.82, 2.24) is 5.32 Å². The standard InChI is InChI=1S/C49H45N3O5S2/c1-31(2)33-24-22-32(23-25-33)28-41(51-45(53)36-18-11-6-12-19-36)46(54)50-38-20-13-21-39(30-38)58-44(35-16-9-5-10-17-35)47(55)52-48-43(49(56)57-3)40-27-26-37(29-42(40)59-48)34-14-7-4-8-15-34/h4-25,28,30-31,37,44H,26-27,29H2,1-3H3,(H,50,54)(H,51,53)(H,52,55)/b41-28+. The molecule has 8 nitrogen and oxygen atoms in total. The van der Waals surface area contributed by atoms with Gasteiger partial charge in [-0.15, -0.1) is 23.1 Å². The summed E-state index contributed by atoms with van der Waals surface area (Å²) >= 11 is 2.77. The summed E-state index contributed by atoms with van der Waals surface area (Å²) in [5.74, 6) is -1.02. The molecule has 1 aliphatic carbocycles. The van der Waals surface area contributed by atoms with Gasteiger partial charge in [-0.05, 0) is 95.3 Å². The molecule has 5 aromatic carbocycles. The van der Waals surface area contributed by atoms with Crippen molar-refractivity contribution in [1.29, 1.82) is 0 Å². The van der Waals surface area contributed by atoms with Crippen molar-refractivity contribution in [2.24, 2.45) is 0 Å². The highest BCUT2D eigenvalue weighted by Crippen LogP contribution is 2.44. The largest absolute Gasteiger partial charge is 0.465 e. The van der Waals surface area contributed by atoms with E-state index in [4.69, 9.17) is 4.74 Å². The molecular formula is C49H45N3O5S2. The van der Waals surface area contributed by atoms with Crippen molar-refractivity contribution in [2.75, 3.05) is 17.7 Å². The minimum absolute atomic E-state index is 0.0749. The number of nitrogens with one attached hydrogen (secondary N) is 3. The molecule has 7 rings (SSSR count). The molecule has 59 heavy (non-hydrogen) atoms. The molecule has 1 aromatic heterocycles. The number of carbonyl (C=O) groups is 4. The van der Waals surface area contributed by atoms with Crippen LogP contribution in [0.15, 0.2) is 150 Å². The number of fused-ring (bicyclic) bond motifs is 1. The zero-order valence-corrected chi connectivity index (χ0v) is 34.7. The van der Waals surface area contributed by atoms with Gasteiger partial charge in [0, 0.05) is 21.0 Å². The number of benzene rings is 5. The molecule has 298 valence electrons. The summed E-state index contributed by atoms with van der Waals surface area (Å²) in [6.45, 7) is 4.23. The third-order valence-corrected chi connectivity index (χ3v) is 12.7. The number of carbonyl (C=O) groups excluding carboxylic acids is 4. The number of rotatable bonds is 13. The van der Waals surface area contributed by atoms with Gasteiger partial charge in [-0.2, -0.15) is 0 Å². The first kappa shape index (κ1) is 40.9. The van der Waals surface area contributed by atoms with Crippen LogP contribution in [-0.2, 0) is 27.2 Å². The number of amides is 3. The maximum atomic E-state index is 14.4. The molecule has 10 heteroatoms. The Balaban J connectivity index is 1.13. The van der Waals surface area contributed by atoms with E-state index in [0.717, 1.165) is 44.9 Å². The first-order chi connectivity index (χ1) is 28.7. The fraction of sp³-hybridized carbons (Fsp3) is 0.184. The average molecular weight is 820 g/mol. The monoisotopic (exact) mass is 819 g/mol. The fourth-order valence-corrected chi connectivity index (χ4v) is 9.55. The molecule has 2 unspecified atom stereocenters. The van der Waals surface area contributed by atoms with Crippen LogP contribution in [0.2, 0.25) is 0 Å². The smallest absolute Gasteiger partial charge is 0.341 e. The predicted octanol–water partition coefficient (Wildman–Crippen LogP) is 10.8. The van der Waals surface area contributed by atoms with Crippen molar-refractivity contribution in [3.63, 3.8) is 0 Å². The highest BCUT2D eigenvalue weighted by Gasteiger charge is 2.32. The molecular weight excluding hydrogens is 775 g/mol. The number of thioether (sulfide) groups is 1. The number of hydrogen-bond acceptors (Lipinski definition) is 7. The van der Waals surface area contributed by atoms with Crippen LogP contribution >= 0.6 is 23.1 Å². The minimum atomic E-state index is -0.710. The molecule has 0 saturated carbocycles. The highest BCUT2D eigenvalue weighted by atomic mass is 32.2. The van der Waals surface area contributed by atoms with Crippen molar-refractivity contribution in [2.45, 2.75) is 55.1 Å². The lowest BCUT2D eigenvalue weighted by Crippen LogP contribution is -2.30. The van der Waals surface area contributed by atoms with E-state index in [0.29, 0.717) is 40.1 Å². The lowest BCUT2D eigenvalue weighted by molar-refractivity contribution is -0.116. The Morgan fingerprint density at radius 1 is 0.780 bits per heavy atom. The van der Waals surface area contributed by atoms with Crippen LogP contribution in [0.5, 0.6) is 0 Å². The summed E-state index contributed by atoms with van der Waals surface area (Å²) in [7, 11) is 1.36. The second-order valence-corrected chi connectivity index (χ2v) is 16.9. The summed E-state index contributed by atoms with van der Waals surface area (Å²) in [5, 5.41) is 8.66. The zero-order chi connectivity index (χ0) is 41.3. The van der Waals surface area contributed by atoms with Crippen LogP contribution < -0.4 is 16.0 Å². The second kappa shape index (κ2) is 19.0. The Morgan fingerprint density at radius 2 is 1.46 bits per heavy atom. The van der Waals surface area contributed by atoms with Gasteiger partial charge in [-0.1, -0.05) is 123 Å². The Morgan fingerprint density at radius 3 is 2.14 bits per heavy atom. The summed E-state index contributed by atoms with van der Waals surface area (Å²) in [6.07, 6.45) is 4.03. The fourth-order valence-electron chi connectivity index (χ4n) is 7.15. The van der Waals surface area contributed by atoms with E-state index >= 15 is 0 Å². The van der Waals surface area contributed by atoms with Gasteiger partial charge in [0.05, 0.1) is 12.7 Å². The van der Waals surface area contributed by atoms with E-state index in [1.54, 1.807) is 48.5 Å². The number of esters is 1. The summed E-state index contributed by atoms with van der Waals surface area (Å²) < 4.78 is 5.24. The zero-order valence-electron chi connectivity index (χ0n) is 33.1. The van der Waals surface area contributed by atoms with Crippen LogP contribution in [-0.4, -0.2) is 30.8 Å². The van der Waals surface area contributed by atoms with Gasteiger partial charge in [-0.3, -0.25) is 14.4 Å². The summed E-state index contributed by atoms with van der Waals surface area (Å²) in [5.41, 5.74) is 6.29. The van der Waals surface area contributed by atoms with Crippen LogP contribution in [0.3, 0.4) is 0 Å². The normalized spacial score (nSPS) is 14.2. The molecule has 6 aromatic rings. The number of hydrogen-bond donors (Lipinski definition) is 3. The number of anilines is 2. The molecule has 0 spiro atoms. The van der Waals surface area contributed by atoms with Crippen molar-refractivity contribution in [3.05, 3.63) is 189 Å². The molecule has 3 amide bonds. The molecule has 3 N–H and O–H groups in total. The molecule has 0 saturated heterocycles. The SMILES string of the molecule is COC(=O)c1c(NC(=O)C(Sc2cccc(NC(=O)/C(=C\c3ccc(C(C)C)cc3)NC(=O)c3ccccc3)c2)c2ccccc2)sc2c1CCC(c1ccccc1)C2. The summed E-state index contributed by atoms with van der Waals surface area (Å²) in [6, 6.07) is 43.7. The lowest BCUT2D eigenvalue weighted by atomic mass is 9.83. The summed E-state index contributed by atoms with van der Waals surface area (Å²) in [4.78, 5) is 56.6. The maximum Gasteiger partial charge on any atom is 0.341 e. The van der Waals surface area contributed by atoms with Gasteiger partial charge in [0.2, 0.25) is 5.91 Å². The highest BCUT2D eigenvalue weighted by molar-refractivity contribution is 8.00. The van der Waals surface area contributed by atoms with Gasteiger partial charge in [0.15, 0.2) is 0 Å². The molecule has 0 fully saturated rings. The van der Waals surface area contributed by atoms with E-state index in [-0.39, 0.29) is 11.6 Å². The van der Waals surface area contributed by atoms with E-state index in [9.17, 15) is 19.2 Å². The van der Waals surface area contributed by atoms with Crippen LogP contribution in [0, 0.1) is 0 Å². The molecule has 0 aliphatic heterocycles. The van der Waals surface area contributed by atoms with E-state index in [1.165, 1.54) is 35.8 Å². The van der Waals surface area contributed by atoms with Gasteiger partial charge in [-0.25, -0.2) is 4.79 Å². The van der Waals surface area contributed by atoms with Gasteiger partial charge in [0.1, 0.15) is 15.9 Å². The molecule has 1 heterocycles. The number of methoxy groups -OCH3 is 1. The van der Waals surface area contributed by atoms with E-state index in [1.807, 2.05) is 84.9 Å². The van der Waals surface area contributed by atoms with Crippen LogP contribution in [0.25, 0.3) is 6.08 Å². The van der Waals surface area contributed by atoms with E-state index in [2.05, 4.69) is 41.9 Å². The maximum absolute atomic E-state index is 14.4. The number of ether oxygens (including phenoxy) is 1. The quantitative estimate of drug-likeness (QED) is 0.0607. The van der Waals surface area contributed by atoms with E-state index < -0.39 is 23.0 Å². The first-order valence-corrected chi connectivity index (χ1v) is 21.3. The average Bonchev–Trinajstić information content (AvgIpc) is 3.63. The first-order valence-electron chi connectivity index (χ1n) is 19.6. The predicted molar refractivity (Wildman–Crippen MR) is 238 cm³/mol. The Kier molecular flexibility index (Phi) is 13.2. The molecule has 0 radical (unpaired) electrons. The second-order valence-electron chi connectivity index (χ2n) is 14.6. The molecule has 1 aliphatic rings. The van der Waals surface area contributed by atoms with Crippen LogP contribution in [0.1, 0.15) is 90.8 Å². The van der Waals surface area contributed by atoms with Crippen LogP contribution in [0.4, 0.5) is 10.7 Å². The van der Waals surface area contributed by atoms with Gasteiger partial charge in [0.25, 0.3) is 11.8 Å². The Hall–Kier alpha value is -6.23. The van der Waals surface area contributed by atoms with Crippen molar-refractivity contribution >= 4 is 63.6 Å².